The third-order valence-corrected chi connectivity index (χ3v) is 2.12. The fraction of sp³-hybridized carbons (Fsp3) is 0.364. The monoisotopic (exact) mass is 218 g/mol. The molecule has 1 heterocycles. The molecule has 0 radical (unpaired) electrons. The van der Waals surface area contributed by atoms with E-state index < -0.39 is 5.91 Å². The molecule has 0 spiro atoms. The normalized spacial score (nSPS) is 9.56. The first-order valence-corrected chi connectivity index (χ1v) is 4.99. The maximum Gasteiger partial charge on any atom is 0.236 e. The largest absolute Gasteiger partial charge is 0.368 e. The highest BCUT2D eigenvalue weighted by molar-refractivity contribution is 5.79. The van der Waals surface area contributed by atoms with E-state index in [0.29, 0.717) is 17.9 Å². The number of nitrogens with two attached hydrogens (primary N) is 1. The Hall–Kier alpha value is -2.09. The Balaban J connectivity index is 3.05. The zero-order chi connectivity index (χ0) is 12.1. The van der Waals surface area contributed by atoms with Crippen molar-refractivity contribution in [2.75, 3.05) is 18.0 Å². The van der Waals surface area contributed by atoms with Gasteiger partial charge in [-0.3, -0.25) is 4.79 Å². The Labute approximate surface area is 94.5 Å². The molecule has 0 aliphatic carbocycles. The Morgan fingerprint density at radius 2 is 2.31 bits per heavy atom. The summed E-state index contributed by atoms with van der Waals surface area (Å²) in [5.74, 6) is 0.196. The molecule has 0 aromatic carbocycles. The lowest BCUT2D eigenvalue weighted by atomic mass is 10.2. The summed E-state index contributed by atoms with van der Waals surface area (Å²) in [6, 6.07) is 5.41. The molecule has 0 bridgehead atoms. The van der Waals surface area contributed by atoms with Gasteiger partial charge in [-0.2, -0.15) is 5.26 Å². The van der Waals surface area contributed by atoms with E-state index in [-0.39, 0.29) is 6.54 Å². The minimum absolute atomic E-state index is 0.109. The fourth-order valence-electron chi connectivity index (χ4n) is 1.42. The van der Waals surface area contributed by atoms with Gasteiger partial charge in [0.25, 0.3) is 0 Å². The Morgan fingerprint density at radius 3 is 2.81 bits per heavy atom. The maximum absolute atomic E-state index is 10.9. The van der Waals surface area contributed by atoms with E-state index in [1.807, 2.05) is 13.8 Å². The van der Waals surface area contributed by atoms with Crippen LogP contribution in [0.3, 0.4) is 0 Å². The zero-order valence-electron chi connectivity index (χ0n) is 9.40. The summed E-state index contributed by atoms with van der Waals surface area (Å²) >= 11 is 0. The van der Waals surface area contributed by atoms with Crippen molar-refractivity contribution in [3.8, 4) is 6.07 Å². The number of likely N-dealkylation sites (N-methyl/N-ethyl adjacent to an activating group) is 1. The molecule has 0 saturated heterocycles. The number of nitrogens with zero attached hydrogens (tertiary/aromatic N) is 3. The van der Waals surface area contributed by atoms with Crippen molar-refractivity contribution >= 4 is 11.7 Å². The number of pyridine rings is 1. The average Bonchev–Trinajstić information content (AvgIpc) is 2.24. The highest BCUT2D eigenvalue weighted by Crippen LogP contribution is 2.13. The number of hydrogen-bond donors (Lipinski definition) is 1. The van der Waals surface area contributed by atoms with E-state index >= 15 is 0 Å². The lowest BCUT2D eigenvalue weighted by molar-refractivity contribution is -0.116. The highest BCUT2D eigenvalue weighted by Gasteiger charge is 2.10. The lowest BCUT2D eigenvalue weighted by Crippen LogP contribution is -2.34. The Morgan fingerprint density at radius 1 is 1.62 bits per heavy atom. The topological polar surface area (TPSA) is 83.0 Å². The first kappa shape index (κ1) is 12.0. The molecule has 0 saturated carbocycles. The first-order chi connectivity index (χ1) is 7.56. The van der Waals surface area contributed by atoms with Crippen molar-refractivity contribution < 1.29 is 4.79 Å². The van der Waals surface area contributed by atoms with Gasteiger partial charge in [-0.25, -0.2) is 4.98 Å². The van der Waals surface area contributed by atoms with Gasteiger partial charge in [-0.05, 0) is 26.0 Å². The summed E-state index contributed by atoms with van der Waals surface area (Å²) in [5, 5.41) is 8.83. The van der Waals surface area contributed by atoms with Crippen molar-refractivity contribution in [3.63, 3.8) is 0 Å². The van der Waals surface area contributed by atoms with Gasteiger partial charge < -0.3 is 10.6 Å². The number of primary amides is 1. The summed E-state index contributed by atoms with van der Waals surface area (Å²) < 4.78 is 0. The standard InChI is InChI=1S/C11H14N4O/c1-3-15(7-10(13)16)11-5-9(6-12)4-8(2)14-11/h4-5H,3,7H2,1-2H3,(H2,13,16). The van der Waals surface area contributed by atoms with E-state index in [2.05, 4.69) is 11.1 Å². The molecule has 0 aliphatic rings. The van der Waals surface area contributed by atoms with Gasteiger partial charge in [-0.1, -0.05) is 0 Å². The number of anilines is 1. The fourth-order valence-corrected chi connectivity index (χ4v) is 1.42. The van der Waals surface area contributed by atoms with Crippen molar-refractivity contribution in [2.24, 2.45) is 5.73 Å². The third kappa shape index (κ3) is 2.95. The van der Waals surface area contributed by atoms with E-state index in [9.17, 15) is 4.79 Å². The second-order valence-corrected chi connectivity index (χ2v) is 3.45. The van der Waals surface area contributed by atoms with Crippen LogP contribution in [-0.4, -0.2) is 24.0 Å². The summed E-state index contributed by atoms with van der Waals surface area (Å²) in [5.41, 5.74) is 6.42. The van der Waals surface area contributed by atoms with Crippen LogP contribution < -0.4 is 10.6 Å². The molecule has 0 atom stereocenters. The van der Waals surface area contributed by atoms with E-state index in [0.717, 1.165) is 5.69 Å². The van der Waals surface area contributed by atoms with E-state index in [4.69, 9.17) is 11.0 Å². The van der Waals surface area contributed by atoms with Crippen LogP contribution in [0.4, 0.5) is 5.82 Å². The summed E-state index contributed by atoms with van der Waals surface area (Å²) in [6.45, 7) is 4.43. The van der Waals surface area contributed by atoms with Gasteiger partial charge in [0.2, 0.25) is 5.91 Å². The molecule has 1 aromatic heterocycles. The third-order valence-electron chi connectivity index (χ3n) is 2.12. The van der Waals surface area contributed by atoms with Gasteiger partial charge in [0.15, 0.2) is 0 Å². The second-order valence-electron chi connectivity index (χ2n) is 3.45. The number of amides is 1. The molecule has 0 aliphatic heterocycles. The van der Waals surface area contributed by atoms with Crippen molar-refractivity contribution in [1.82, 2.24) is 4.98 Å². The van der Waals surface area contributed by atoms with Crippen LogP contribution in [0.15, 0.2) is 12.1 Å². The molecule has 5 nitrogen and oxygen atoms in total. The van der Waals surface area contributed by atoms with Crippen LogP contribution in [0.25, 0.3) is 0 Å². The average molecular weight is 218 g/mol. The predicted molar refractivity (Wildman–Crippen MR) is 60.8 cm³/mol. The van der Waals surface area contributed by atoms with Gasteiger partial charge in [0.05, 0.1) is 18.2 Å². The minimum atomic E-state index is -0.413. The number of aromatic nitrogens is 1. The molecule has 0 unspecified atom stereocenters. The molecule has 1 rings (SSSR count). The first-order valence-electron chi connectivity index (χ1n) is 4.99. The molecule has 2 N–H and O–H groups in total. The molecule has 1 aromatic rings. The number of carbonyl (C=O) groups is 1. The van der Waals surface area contributed by atoms with Crippen LogP contribution in [0.1, 0.15) is 18.2 Å². The van der Waals surface area contributed by atoms with Crippen LogP contribution in [0.2, 0.25) is 0 Å². The number of aryl methyl sites for hydroxylation is 1. The molecule has 84 valence electrons. The number of carbonyl (C=O) groups excluding carboxylic acids is 1. The van der Waals surface area contributed by atoms with Crippen LogP contribution in [0.5, 0.6) is 0 Å². The molecule has 16 heavy (non-hydrogen) atoms. The minimum Gasteiger partial charge on any atom is -0.368 e. The van der Waals surface area contributed by atoms with Gasteiger partial charge >= 0.3 is 0 Å². The highest BCUT2D eigenvalue weighted by atomic mass is 16.1. The van der Waals surface area contributed by atoms with Crippen LogP contribution in [0, 0.1) is 18.3 Å². The van der Waals surface area contributed by atoms with Gasteiger partial charge in [0, 0.05) is 12.2 Å². The summed E-state index contributed by atoms with van der Waals surface area (Å²) in [6.07, 6.45) is 0. The van der Waals surface area contributed by atoms with E-state index in [1.165, 1.54) is 0 Å². The van der Waals surface area contributed by atoms with Crippen molar-refractivity contribution in [3.05, 3.63) is 23.4 Å². The number of rotatable bonds is 4. The molecular formula is C11H14N4O. The molecular weight excluding hydrogens is 204 g/mol. The van der Waals surface area contributed by atoms with Gasteiger partial charge in [0.1, 0.15) is 5.82 Å². The zero-order valence-corrected chi connectivity index (χ0v) is 9.40. The molecule has 0 fully saturated rings. The van der Waals surface area contributed by atoms with Crippen molar-refractivity contribution in [1.29, 1.82) is 5.26 Å². The van der Waals surface area contributed by atoms with E-state index in [1.54, 1.807) is 17.0 Å². The SMILES string of the molecule is CCN(CC(N)=O)c1cc(C#N)cc(C)n1. The maximum atomic E-state index is 10.9. The lowest BCUT2D eigenvalue weighted by Gasteiger charge is -2.20. The Bertz CT molecular complexity index is 436. The number of hydrogen-bond acceptors (Lipinski definition) is 4. The van der Waals surface area contributed by atoms with Crippen LogP contribution in [-0.2, 0) is 4.79 Å². The smallest absolute Gasteiger partial charge is 0.236 e. The summed E-state index contributed by atoms with van der Waals surface area (Å²) in [7, 11) is 0. The predicted octanol–water partition coefficient (Wildman–Crippen LogP) is 0.573. The quantitative estimate of drug-likeness (QED) is 0.801. The number of nitriles is 1. The van der Waals surface area contributed by atoms with Crippen LogP contribution >= 0.6 is 0 Å². The van der Waals surface area contributed by atoms with Crippen molar-refractivity contribution in [2.45, 2.75) is 13.8 Å². The molecule has 5 heteroatoms. The van der Waals surface area contributed by atoms with Gasteiger partial charge in [-0.15, -0.1) is 0 Å². The molecule has 1 amide bonds. The summed E-state index contributed by atoms with van der Waals surface area (Å²) in [4.78, 5) is 16.9. The second kappa shape index (κ2) is 5.12. The Kier molecular flexibility index (Phi) is 3.84.